The van der Waals surface area contributed by atoms with Crippen LogP contribution < -0.4 is 4.74 Å². The van der Waals surface area contributed by atoms with Gasteiger partial charge in [0.05, 0.1) is 12.3 Å². The summed E-state index contributed by atoms with van der Waals surface area (Å²) < 4.78 is 6.95. The standard InChI is InChI=1S/C14H16N2O2/c1-4-18-12-7-5-11(6-8-12)14(17)13-9-10(2)15-16(13)3/h5-9H,4H2,1-3H3. The molecule has 0 spiro atoms. The van der Waals surface area contributed by atoms with Gasteiger partial charge in [-0.25, -0.2) is 0 Å². The van der Waals surface area contributed by atoms with E-state index in [1.807, 2.05) is 13.8 Å². The van der Waals surface area contributed by atoms with Crippen molar-refractivity contribution < 1.29 is 9.53 Å². The van der Waals surface area contributed by atoms with Crippen molar-refractivity contribution in [2.45, 2.75) is 13.8 Å². The molecule has 0 radical (unpaired) electrons. The van der Waals surface area contributed by atoms with E-state index in [1.54, 1.807) is 42.1 Å². The summed E-state index contributed by atoms with van der Waals surface area (Å²) in [4.78, 5) is 12.2. The number of hydrogen-bond acceptors (Lipinski definition) is 3. The smallest absolute Gasteiger partial charge is 0.211 e. The van der Waals surface area contributed by atoms with Crippen LogP contribution in [0.1, 0.15) is 28.7 Å². The van der Waals surface area contributed by atoms with Gasteiger partial charge in [0.1, 0.15) is 11.4 Å². The molecule has 0 saturated heterocycles. The maximum absolute atomic E-state index is 12.2. The van der Waals surface area contributed by atoms with Gasteiger partial charge < -0.3 is 4.74 Å². The molecule has 0 fully saturated rings. The van der Waals surface area contributed by atoms with Crippen molar-refractivity contribution in [3.8, 4) is 5.75 Å². The van der Waals surface area contributed by atoms with Gasteiger partial charge in [-0.1, -0.05) is 0 Å². The summed E-state index contributed by atoms with van der Waals surface area (Å²) in [7, 11) is 1.77. The highest BCUT2D eigenvalue weighted by Gasteiger charge is 2.13. The SMILES string of the molecule is CCOc1ccc(C(=O)c2cc(C)nn2C)cc1. The zero-order chi connectivity index (χ0) is 13.1. The molecule has 1 aromatic carbocycles. The monoisotopic (exact) mass is 244 g/mol. The molecule has 0 saturated carbocycles. The van der Waals surface area contributed by atoms with Crippen molar-refractivity contribution in [3.63, 3.8) is 0 Å². The van der Waals surface area contributed by atoms with Crippen LogP contribution in [0.4, 0.5) is 0 Å². The predicted octanol–water partition coefficient (Wildman–Crippen LogP) is 2.36. The fraction of sp³-hybridized carbons (Fsp3) is 0.286. The van der Waals surface area contributed by atoms with Crippen LogP contribution in [-0.2, 0) is 7.05 Å². The highest BCUT2D eigenvalue weighted by atomic mass is 16.5. The van der Waals surface area contributed by atoms with Crippen LogP contribution in [0.25, 0.3) is 0 Å². The number of nitrogens with zero attached hydrogens (tertiary/aromatic N) is 2. The van der Waals surface area contributed by atoms with Crippen molar-refractivity contribution in [2.24, 2.45) is 7.05 Å². The van der Waals surface area contributed by atoms with Gasteiger partial charge >= 0.3 is 0 Å². The average Bonchev–Trinajstić information content (AvgIpc) is 2.69. The van der Waals surface area contributed by atoms with Gasteiger partial charge in [-0.2, -0.15) is 5.10 Å². The minimum Gasteiger partial charge on any atom is -0.494 e. The van der Waals surface area contributed by atoms with Crippen LogP contribution in [-0.4, -0.2) is 22.2 Å². The topological polar surface area (TPSA) is 44.1 Å². The van der Waals surface area contributed by atoms with Crippen LogP contribution in [0.2, 0.25) is 0 Å². The number of aryl methyl sites for hydroxylation is 2. The van der Waals surface area contributed by atoms with E-state index >= 15 is 0 Å². The van der Waals surface area contributed by atoms with Gasteiger partial charge in [-0.05, 0) is 44.2 Å². The molecule has 0 N–H and O–H groups in total. The molecular weight excluding hydrogens is 228 g/mol. The summed E-state index contributed by atoms with van der Waals surface area (Å²) in [6.07, 6.45) is 0. The van der Waals surface area contributed by atoms with Gasteiger partial charge in [-0.3, -0.25) is 9.48 Å². The Morgan fingerprint density at radius 2 is 2.00 bits per heavy atom. The van der Waals surface area contributed by atoms with Crippen molar-refractivity contribution in [1.82, 2.24) is 9.78 Å². The Morgan fingerprint density at radius 3 is 2.50 bits per heavy atom. The van der Waals surface area contributed by atoms with E-state index in [2.05, 4.69) is 5.10 Å². The Morgan fingerprint density at radius 1 is 1.33 bits per heavy atom. The fourth-order valence-electron chi connectivity index (χ4n) is 1.84. The number of hydrogen-bond donors (Lipinski definition) is 0. The molecule has 0 aliphatic carbocycles. The first-order valence-electron chi connectivity index (χ1n) is 5.90. The molecule has 2 rings (SSSR count). The third-order valence-electron chi connectivity index (χ3n) is 2.66. The first-order chi connectivity index (χ1) is 8.61. The second-order valence-electron chi connectivity index (χ2n) is 4.08. The highest BCUT2D eigenvalue weighted by molar-refractivity contribution is 6.07. The van der Waals surface area contributed by atoms with Gasteiger partial charge in [0.15, 0.2) is 0 Å². The number of carbonyl (C=O) groups excluding carboxylic acids is 1. The van der Waals surface area contributed by atoms with E-state index in [0.29, 0.717) is 17.9 Å². The average molecular weight is 244 g/mol. The molecule has 0 aliphatic rings. The molecular formula is C14H16N2O2. The number of ether oxygens (including phenoxy) is 1. The Balaban J connectivity index is 2.26. The van der Waals surface area contributed by atoms with Crippen LogP contribution in [0.3, 0.4) is 0 Å². The van der Waals surface area contributed by atoms with Crippen LogP contribution in [0.5, 0.6) is 5.75 Å². The minimum absolute atomic E-state index is 0.0267. The van der Waals surface area contributed by atoms with E-state index in [4.69, 9.17) is 4.74 Å². The first kappa shape index (κ1) is 12.4. The maximum Gasteiger partial charge on any atom is 0.211 e. The Kier molecular flexibility index (Phi) is 3.46. The number of ketones is 1. The fourth-order valence-corrected chi connectivity index (χ4v) is 1.84. The molecule has 0 atom stereocenters. The second kappa shape index (κ2) is 5.04. The minimum atomic E-state index is -0.0267. The van der Waals surface area contributed by atoms with Crippen molar-refractivity contribution in [1.29, 1.82) is 0 Å². The summed E-state index contributed by atoms with van der Waals surface area (Å²) in [6, 6.07) is 8.95. The molecule has 94 valence electrons. The molecule has 0 bridgehead atoms. The molecule has 1 heterocycles. The third kappa shape index (κ3) is 2.42. The Labute approximate surface area is 106 Å². The molecule has 18 heavy (non-hydrogen) atoms. The Bertz CT molecular complexity index is 556. The third-order valence-corrected chi connectivity index (χ3v) is 2.66. The molecule has 0 unspecified atom stereocenters. The van der Waals surface area contributed by atoms with Gasteiger partial charge in [-0.15, -0.1) is 0 Å². The molecule has 2 aromatic rings. The lowest BCUT2D eigenvalue weighted by molar-refractivity contribution is 0.103. The quantitative estimate of drug-likeness (QED) is 0.775. The maximum atomic E-state index is 12.2. The number of benzene rings is 1. The van der Waals surface area contributed by atoms with Crippen LogP contribution in [0.15, 0.2) is 30.3 Å². The summed E-state index contributed by atoms with van der Waals surface area (Å²) in [6.45, 7) is 4.42. The molecule has 4 nitrogen and oxygen atoms in total. The normalized spacial score (nSPS) is 10.4. The number of carbonyl (C=O) groups is 1. The van der Waals surface area contributed by atoms with Crippen LogP contribution in [0, 0.1) is 6.92 Å². The molecule has 4 heteroatoms. The molecule has 0 aliphatic heterocycles. The largest absolute Gasteiger partial charge is 0.494 e. The van der Waals surface area contributed by atoms with Gasteiger partial charge in [0.25, 0.3) is 0 Å². The highest BCUT2D eigenvalue weighted by Crippen LogP contribution is 2.15. The summed E-state index contributed by atoms with van der Waals surface area (Å²) in [5, 5.41) is 4.18. The summed E-state index contributed by atoms with van der Waals surface area (Å²) in [5.74, 6) is 0.747. The van der Waals surface area contributed by atoms with E-state index < -0.39 is 0 Å². The summed E-state index contributed by atoms with van der Waals surface area (Å²) >= 11 is 0. The van der Waals surface area contributed by atoms with E-state index in [9.17, 15) is 4.79 Å². The van der Waals surface area contributed by atoms with Crippen molar-refractivity contribution in [2.75, 3.05) is 6.61 Å². The number of rotatable bonds is 4. The van der Waals surface area contributed by atoms with Crippen LogP contribution >= 0.6 is 0 Å². The summed E-state index contributed by atoms with van der Waals surface area (Å²) in [5.41, 5.74) is 2.07. The second-order valence-corrected chi connectivity index (χ2v) is 4.08. The zero-order valence-corrected chi connectivity index (χ0v) is 10.8. The van der Waals surface area contributed by atoms with Gasteiger partial charge in [0, 0.05) is 12.6 Å². The predicted molar refractivity (Wildman–Crippen MR) is 69.0 cm³/mol. The Hall–Kier alpha value is -2.10. The van der Waals surface area contributed by atoms with E-state index in [1.165, 1.54) is 0 Å². The molecule has 0 amide bonds. The molecule has 1 aromatic heterocycles. The van der Waals surface area contributed by atoms with E-state index in [0.717, 1.165) is 11.4 Å². The van der Waals surface area contributed by atoms with Crippen molar-refractivity contribution >= 4 is 5.78 Å². The lowest BCUT2D eigenvalue weighted by atomic mass is 10.1. The number of aromatic nitrogens is 2. The van der Waals surface area contributed by atoms with E-state index in [-0.39, 0.29) is 5.78 Å². The first-order valence-corrected chi connectivity index (χ1v) is 5.90. The zero-order valence-electron chi connectivity index (χ0n) is 10.8. The lowest BCUT2D eigenvalue weighted by Gasteiger charge is -2.04. The van der Waals surface area contributed by atoms with Crippen molar-refractivity contribution in [3.05, 3.63) is 47.3 Å². The van der Waals surface area contributed by atoms with Gasteiger partial charge in [0.2, 0.25) is 5.78 Å². The lowest BCUT2D eigenvalue weighted by Crippen LogP contribution is -2.08.